The highest BCUT2D eigenvalue weighted by molar-refractivity contribution is 5.78. The van der Waals surface area contributed by atoms with Crippen molar-refractivity contribution in [2.75, 3.05) is 0 Å². The summed E-state index contributed by atoms with van der Waals surface area (Å²) in [7, 11) is 0. The maximum Gasteiger partial charge on any atom is 0.346 e. The fourth-order valence-electron chi connectivity index (χ4n) is 1.18. The van der Waals surface area contributed by atoms with E-state index in [1.807, 2.05) is 0 Å². The van der Waals surface area contributed by atoms with E-state index in [1.165, 1.54) is 12.1 Å². The first kappa shape index (κ1) is 11.6. The molecule has 0 aromatic heterocycles. The fourth-order valence-corrected chi connectivity index (χ4v) is 1.18. The lowest BCUT2D eigenvalue weighted by Gasteiger charge is -2.24. The Hall–Kier alpha value is -1.49. The smallest absolute Gasteiger partial charge is 0.346 e. The van der Waals surface area contributed by atoms with E-state index in [4.69, 9.17) is 5.11 Å². The van der Waals surface area contributed by atoms with Crippen molar-refractivity contribution < 1.29 is 23.4 Å². The molecule has 0 spiro atoms. The van der Waals surface area contributed by atoms with Crippen molar-refractivity contribution >= 4 is 5.97 Å². The third kappa shape index (κ3) is 2.50. The third-order valence-electron chi connectivity index (χ3n) is 2.06. The number of halogens is 2. The number of benzene rings is 1. The molecule has 0 radical (unpaired) electrons. The number of aliphatic carboxylic acids is 1. The van der Waals surface area contributed by atoms with Crippen molar-refractivity contribution in [3.63, 3.8) is 0 Å². The number of carboxylic acids is 1. The number of ether oxygens (including phenoxy) is 1. The molecule has 1 aromatic carbocycles. The van der Waals surface area contributed by atoms with Gasteiger partial charge in [-0.1, -0.05) is 30.3 Å². The molecule has 1 atom stereocenters. The zero-order valence-electron chi connectivity index (χ0n) is 7.98. The van der Waals surface area contributed by atoms with E-state index in [0.29, 0.717) is 0 Å². The minimum atomic E-state index is -3.13. The maximum absolute atomic E-state index is 12.1. The molecule has 82 valence electrons. The van der Waals surface area contributed by atoms with Crippen molar-refractivity contribution in [2.45, 2.75) is 19.1 Å². The summed E-state index contributed by atoms with van der Waals surface area (Å²) in [6.07, 6.45) is 0. The molecule has 15 heavy (non-hydrogen) atoms. The molecule has 0 bridgehead atoms. The molecule has 0 heterocycles. The van der Waals surface area contributed by atoms with Crippen molar-refractivity contribution in [3.05, 3.63) is 35.9 Å². The second-order valence-electron chi connectivity index (χ2n) is 3.08. The minimum absolute atomic E-state index is 0.179. The van der Waals surface area contributed by atoms with Gasteiger partial charge in [-0.25, -0.2) is 4.79 Å². The van der Waals surface area contributed by atoms with Gasteiger partial charge in [-0.15, -0.1) is 0 Å². The topological polar surface area (TPSA) is 46.5 Å². The van der Waals surface area contributed by atoms with Crippen LogP contribution in [0.4, 0.5) is 8.78 Å². The first-order valence-corrected chi connectivity index (χ1v) is 4.21. The molecule has 0 aliphatic carbocycles. The Kier molecular flexibility index (Phi) is 3.36. The summed E-state index contributed by atoms with van der Waals surface area (Å²) in [4.78, 5) is 10.9. The Morgan fingerprint density at radius 2 is 1.93 bits per heavy atom. The number of carboxylic acid groups (broad SMARTS) is 1. The van der Waals surface area contributed by atoms with Gasteiger partial charge in [0, 0.05) is 0 Å². The van der Waals surface area contributed by atoms with Crippen LogP contribution in [0, 0.1) is 0 Å². The molecule has 0 aliphatic rings. The predicted molar refractivity (Wildman–Crippen MR) is 48.5 cm³/mol. The van der Waals surface area contributed by atoms with Gasteiger partial charge in [0.25, 0.3) is 0 Å². The molecular weight excluding hydrogens is 206 g/mol. The lowest BCUT2D eigenvalue weighted by Crippen LogP contribution is -2.37. The Morgan fingerprint density at radius 1 is 1.40 bits per heavy atom. The molecular formula is C10H10F2O3. The van der Waals surface area contributed by atoms with Gasteiger partial charge in [0.05, 0.1) is 0 Å². The van der Waals surface area contributed by atoms with E-state index < -0.39 is 18.2 Å². The number of carbonyl (C=O) groups is 1. The van der Waals surface area contributed by atoms with Gasteiger partial charge in [-0.3, -0.25) is 4.74 Å². The van der Waals surface area contributed by atoms with E-state index in [2.05, 4.69) is 4.74 Å². The Morgan fingerprint density at radius 3 is 2.33 bits per heavy atom. The first-order valence-electron chi connectivity index (χ1n) is 4.21. The largest absolute Gasteiger partial charge is 0.479 e. The summed E-state index contributed by atoms with van der Waals surface area (Å²) >= 11 is 0. The van der Waals surface area contributed by atoms with Crippen LogP contribution in [0.1, 0.15) is 12.5 Å². The maximum atomic E-state index is 12.1. The lowest BCUT2D eigenvalue weighted by molar-refractivity contribution is -0.220. The average Bonchev–Trinajstić information content (AvgIpc) is 2.17. The quantitative estimate of drug-likeness (QED) is 0.839. The average molecular weight is 216 g/mol. The van der Waals surface area contributed by atoms with Crippen LogP contribution in [0.3, 0.4) is 0 Å². The lowest BCUT2D eigenvalue weighted by atomic mass is 9.96. The molecule has 3 nitrogen and oxygen atoms in total. The van der Waals surface area contributed by atoms with Gasteiger partial charge in [-0.05, 0) is 12.5 Å². The van der Waals surface area contributed by atoms with Crippen LogP contribution < -0.4 is 0 Å². The fraction of sp³-hybridized carbons (Fsp3) is 0.300. The van der Waals surface area contributed by atoms with E-state index in [9.17, 15) is 13.6 Å². The zero-order valence-corrected chi connectivity index (χ0v) is 7.98. The van der Waals surface area contributed by atoms with Crippen LogP contribution in [0.5, 0.6) is 0 Å². The summed E-state index contributed by atoms with van der Waals surface area (Å²) < 4.78 is 28.3. The molecule has 1 aromatic rings. The SMILES string of the molecule is CC(OC(F)F)(C(=O)O)c1ccccc1. The van der Waals surface area contributed by atoms with Gasteiger partial charge in [0.1, 0.15) is 0 Å². The molecule has 0 saturated carbocycles. The van der Waals surface area contributed by atoms with Crippen molar-refractivity contribution in [1.29, 1.82) is 0 Å². The molecule has 0 amide bonds. The number of rotatable bonds is 4. The van der Waals surface area contributed by atoms with Crippen LogP contribution in [0.25, 0.3) is 0 Å². The highest BCUT2D eigenvalue weighted by atomic mass is 19.3. The molecule has 0 aliphatic heterocycles. The van der Waals surface area contributed by atoms with Crippen molar-refractivity contribution in [3.8, 4) is 0 Å². The van der Waals surface area contributed by atoms with Gasteiger partial charge in [-0.2, -0.15) is 8.78 Å². The van der Waals surface area contributed by atoms with E-state index >= 15 is 0 Å². The predicted octanol–water partition coefficient (Wildman–Crippen LogP) is 2.23. The summed E-state index contributed by atoms with van der Waals surface area (Å²) in [6, 6.07) is 7.64. The molecule has 5 heteroatoms. The third-order valence-corrected chi connectivity index (χ3v) is 2.06. The van der Waals surface area contributed by atoms with Gasteiger partial charge >= 0.3 is 12.6 Å². The van der Waals surface area contributed by atoms with E-state index in [-0.39, 0.29) is 5.56 Å². The summed E-state index contributed by atoms with van der Waals surface area (Å²) in [5, 5.41) is 8.88. The highest BCUT2D eigenvalue weighted by Gasteiger charge is 2.39. The standard InChI is InChI=1S/C10H10F2O3/c1-10(8(13)14,15-9(11)12)7-5-3-2-4-6-7/h2-6,9H,1H3,(H,13,14). The Bertz CT molecular complexity index is 340. The molecule has 1 rings (SSSR count). The van der Waals surface area contributed by atoms with Gasteiger partial charge < -0.3 is 5.11 Å². The van der Waals surface area contributed by atoms with Crippen LogP contribution >= 0.6 is 0 Å². The number of hydrogen-bond acceptors (Lipinski definition) is 2. The van der Waals surface area contributed by atoms with Crippen LogP contribution in [0.15, 0.2) is 30.3 Å². The van der Waals surface area contributed by atoms with Crippen LogP contribution in [0.2, 0.25) is 0 Å². The normalized spacial score (nSPS) is 14.9. The second-order valence-corrected chi connectivity index (χ2v) is 3.08. The minimum Gasteiger partial charge on any atom is -0.479 e. The molecule has 0 saturated heterocycles. The second kappa shape index (κ2) is 4.35. The molecule has 1 N–H and O–H groups in total. The monoisotopic (exact) mass is 216 g/mol. The number of alkyl halides is 2. The Labute approximate surface area is 85.3 Å². The summed E-state index contributed by atoms with van der Waals surface area (Å²) in [6.45, 7) is -2.04. The molecule has 1 unspecified atom stereocenters. The number of hydrogen-bond donors (Lipinski definition) is 1. The van der Waals surface area contributed by atoms with E-state index in [1.54, 1.807) is 18.2 Å². The van der Waals surface area contributed by atoms with Crippen molar-refractivity contribution in [1.82, 2.24) is 0 Å². The van der Waals surface area contributed by atoms with Crippen LogP contribution in [-0.4, -0.2) is 17.7 Å². The highest BCUT2D eigenvalue weighted by Crippen LogP contribution is 2.27. The van der Waals surface area contributed by atoms with E-state index in [0.717, 1.165) is 6.92 Å². The summed E-state index contributed by atoms with van der Waals surface area (Å²) in [5.74, 6) is -1.45. The molecule has 0 fully saturated rings. The Balaban J connectivity index is 3.07. The van der Waals surface area contributed by atoms with Gasteiger partial charge in [0.2, 0.25) is 0 Å². The zero-order chi connectivity index (χ0) is 11.5. The van der Waals surface area contributed by atoms with Gasteiger partial charge in [0.15, 0.2) is 5.60 Å². The first-order chi connectivity index (χ1) is 6.97. The van der Waals surface area contributed by atoms with Crippen LogP contribution in [-0.2, 0) is 15.1 Å². The van der Waals surface area contributed by atoms with Crippen molar-refractivity contribution in [2.24, 2.45) is 0 Å². The summed E-state index contributed by atoms with van der Waals surface area (Å²) in [5.41, 5.74) is -1.84.